The summed E-state index contributed by atoms with van der Waals surface area (Å²) < 4.78 is 0. The van der Waals surface area contributed by atoms with Crippen LogP contribution in [-0.2, 0) is 0 Å². The zero-order chi connectivity index (χ0) is 13.8. The lowest BCUT2D eigenvalue weighted by molar-refractivity contribution is 0.100. The molecule has 1 aliphatic heterocycles. The van der Waals surface area contributed by atoms with Crippen molar-refractivity contribution >= 4 is 11.7 Å². The van der Waals surface area contributed by atoms with E-state index in [1.807, 2.05) is 13.0 Å². The molecule has 104 valence electrons. The van der Waals surface area contributed by atoms with Crippen LogP contribution in [0.4, 0.5) is 5.82 Å². The Kier molecular flexibility index (Phi) is 4.37. The van der Waals surface area contributed by atoms with Crippen LogP contribution in [0.5, 0.6) is 0 Å². The van der Waals surface area contributed by atoms with E-state index in [9.17, 15) is 4.79 Å². The fraction of sp³-hybridized carbons (Fsp3) is 0.571. The maximum Gasteiger partial charge on any atom is 0.252 e. The number of primary amides is 1. The van der Waals surface area contributed by atoms with Crippen molar-refractivity contribution in [2.24, 2.45) is 5.73 Å². The van der Waals surface area contributed by atoms with E-state index in [0.717, 1.165) is 25.3 Å². The normalized spacial score (nSPS) is 18.5. The predicted octanol–water partition coefficient (Wildman–Crippen LogP) is 1.07. The fourth-order valence-corrected chi connectivity index (χ4v) is 2.52. The number of hydrogen-bond donors (Lipinski definition) is 2. The summed E-state index contributed by atoms with van der Waals surface area (Å²) in [6, 6.07) is 4.07. The van der Waals surface area contributed by atoms with Gasteiger partial charge in [-0.3, -0.25) is 4.79 Å². The highest BCUT2D eigenvalue weighted by Gasteiger charge is 2.21. The minimum Gasteiger partial charge on any atom is -0.365 e. The number of hydrogen-bond acceptors (Lipinski definition) is 4. The number of pyridine rings is 1. The SMILES string of the molecule is CCN(CC1CCCN1)c1nc(C)ccc1C(N)=O. The maximum atomic E-state index is 11.5. The number of likely N-dealkylation sites (N-methyl/N-ethyl adjacent to an activating group) is 1. The van der Waals surface area contributed by atoms with Crippen molar-refractivity contribution < 1.29 is 4.79 Å². The second-order valence-corrected chi connectivity index (χ2v) is 5.02. The van der Waals surface area contributed by atoms with Crippen molar-refractivity contribution in [3.05, 3.63) is 23.4 Å². The summed E-state index contributed by atoms with van der Waals surface area (Å²) in [6.07, 6.45) is 2.39. The van der Waals surface area contributed by atoms with Crippen molar-refractivity contribution in [3.63, 3.8) is 0 Å². The van der Waals surface area contributed by atoms with Gasteiger partial charge in [-0.1, -0.05) is 0 Å². The van der Waals surface area contributed by atoms with Gasteiger partial charge in [-0.25, -0.2) is 4.98 Å². The van der Waals surface area contributed by atoms with Crippen LogP contribution in [0.15, 0.2) is 12.1 Å². The Balaban J connectivity index is 2.25. The number of carbonyl (C=O) groups is 1. The van der Waals surface area contributed by atoms with Crippen molar-refractivity contribution in [2.75, 3.05) is 24.5 Å². The van der Waals surface area contributed by atoms with Gasteiger partial charge >= 0.3 is 0 Å². The molecule has 1 saturated heterocycles. The number of nitrogens with one attached hydrogen (secondary N) is 1. The second-order valence-electron chi connectivity index (χ2n) is 5.02. The molecule has 3 N–H and O–H groups in total. The summed E-state index contributed by atoms with van der Waals surface area (Å²) in [5.74, 6) is 0.295. The number of aromatic nitrogens is 1. The quantitative estimate of drug-likeness (QED) is 0.832. The highest BCUT2D eigenvalue weighted by molar-refractivity contribution is 5.97. The van der Waals surface area contributed by atoms with Crippen LogP contribution < -0.4 is 16.0 Å². The van der Waals surface area contributed by atoms with E-state index < -0.39 is 5.91 Å². The van der Waals surface area contributed by atoms with E-state index in [4.69, 9.17) is 5.73 Å². The first kappa shape index (κ1) is 13.8. The summed E-state index contributed by atoms with van der Waals surface area (Å²) in [7, 11) is 0. The highest BCUT2D eigenvalue weighted by atomic mass is 16.1. The smallest absolute Gasteiger partial charge is 0.252 e. The molecule has 1 fully saturated rings. The Morgan fingerprint density at radius 1 is 1.58 bits per heavy atom. The lowest BCUT2D eigenvalue weighted by atomic mass is 10.1. The van der Waals surface area contributed by atoms with Gasteiger partial charge in [-0.2, -0.15) is 0 Å². The predicted molar refractivity (Wildman–Crippen MR) is 76.4 cm³/mol. The second kappa shape index (κ2) is 6.02. The molecular weight excluding hydrogens is 240 g/mol. The first-order chi connectivity index (χ1) is 9.11. The van der Waals surface area contributed by atoms with Crippen LogP contribution in [-0.4, -0.2) is 36.6 Å². The van der Waals surface area contributed by atoms with E-state index in [1.165, 1.54) is 12.8 Å². The van der Waals surface area contributed by atoms with Crippen LogP contribution in [0.1, 0.15) is 35.8 Å². The lowest BCUT2D eigenvalue weighted by Gasteiger charge is -2.27. The summed E-state index contributed by atoms with van der Waals surface area (Å²) in [5.41, 5.74) is 6.85. The zero-order valence-corrected chi connectivity index (χ0v) is 11.6. The van der Waals surface area contributed by atoms with E-state index in [-0.39, 0.29) is 0 Å². The van der Waals surface area contributed by atoms with Gasteiger partial charge in [0.15, 0.2) is 0 Å². The molecular formula is C14H22N4O. The molecule has 5 heteroatoms. The van der Waals surface area contributed by atoms with E-state index in [0.29, 0.717) is 17.4 Å². The summed E-state index contributed by atoms with van der Waals surface area (Å²) in [4.78, 5) is 18.2. The Morgan fingerprint density at radius 2 is 2.37 bits per heavy atom. The molecule has 2 heterocycles. The molecule has 0 aromatic carbocycles. The molecule has 5 nitrogen and oxygen atoms in total. The Bertz CT molecular complexity index is 455. The monoisotopic (exact) mass is 262 g/mol. The molecule has 1 aromatic rings. The van der Waals surface area contributed by atoms with Gasteiger partial charge in [-0.05, 0) is 45.4 Å². The molecule has 0 radical (unpaired) electrons. The third-order valence-electron chi connectivity index (χ3n) is 3.56. The van der Waals surface area contributed by atoms with Gasteiger partial charge in [0.2, 0.25) is 0 Å². The van der Waals surface area contributed by atoms with Gasteiger partial charge in [0.1, 0.15) is 5.82 Å². The van der Waals surface area contributed by atoms with Crippen molar-refractivity contribution in [2.45, 2.75) is 32.7 Å². The number of carbonyl (C=O) groups excluding carboxylic acids is 1. The van der Waals surface area contributed by atoms with Crippen LogP contribution in [0.2, 0.25) is 0 Å². The molecule has 1 atom stereocenters. The molecule has 0 bridgehead atoms. The van der Waals surface area contributed by atoms with Gasteiger partial charge in [-0.15, -0.1) is 0 Å². The molecule has 1 amide bonds. The van der Waals surface area contributed by atoms with Crippen LogP contribution in [0, 0.1) is 6.92 Å². The Hall–Kier alpha value is -1.62. The molecule has 1 aliphatic rings. The van der Waals surface area contributed by atoms with Crippen LogP contribution in [0.25, 0.3) is 0 Å². The average Bonchev–Trinajstić information content (AvgIpc) is 2.88. The van der Waals surface area contributed by atoms with Gasteiger partial charge in [0, 0.05) is 24.8 Å². The number of amides is 1. The minimum absolute atomic E-state index is 0.416. The molecule has 0 aliphatic carbocycles. The van der Waals surface area contributed by atoms with E-state index in [1.54, 1.807) is 6.07 Å². The fourth-order valence-electron chi connectivity index (χ4n) is 2.52. The maximum absolute atomic E-state index is 11.5. The summed E-state index contributed by atoms with van der Waals surface area (Å²) >= 11 is 0. The third kappa shape index (κ3) is 3.23. The van der Waals surface area contributed by atoms with Gasteiger partial charge < -0.3 is 16.0 Å². The number of rotatable bonds is 5. The number of nitrogens with two attached hydrogens (primary N) is 1. The lowest BCUT2D eigenvalue weighted by Crippen LogP contribution is -2.39. The number of anilines is 1. The number of nitrogens with zero attached hydrogens (tertiary/aromatic N) is 2. The highest BCUT2D eigenvalue weighted by Crippen LogP contribution is 2.20. The minimum atomic E-state index is -0.416. The average molecular weight is 262 g/mol. The first-order valence-electron chi connectivity index (χ1n) is 6.87. The number of aryl methyl sites for hydroxylation is 1. The summed E-state index contributed by atoms with van der Waals surface area (Å²) in [5, 5.41) is 3.47. The first-order valence-corrected chi connectivity index (χ1v) is 6.87. The molecule has 19 heavy (non-hydrogen) atoms. The van der Waals surface area contributed by atoms with E-state index >= 15 is 0 Å². The molecule has 0 spiro atoms. The van der Waals surface area contributed by atoms with Crippen LogP contribution >= 0.6 is 0 Å². The molecule has 1 unspecified atom stereocenters. The van der Waals surface area contributed by atoms with Crippen molar-refractivity contribution in [3.8, 4) is 0 Å². The largest absolute Gasteiger partial charge is 0.365 e. The van der Waals surface area contributed by atoms with E-state index in [2.05, 4.69) is 22.1 Å². The standard InChI is InChI=1S/C14H22N4O/c1-3-18(9-11-5-4-8-16-11)14-12(13(15)19)7-6-10(2)17-14/h6-7,11,16H,3-5,8-9H2,1-2H3,(H2,15,19). The van der Waals surface area contributed by atoms with Crippen LogP contribution in [0.3, 0.4) is 0 Å². The van der Waals surface area contributed by atoms with Crippen molar-refractivity contribution in [1.82, 2.24) is 10.3 Å². The van der Waals surface area contributed by atoms with Crippen molar-refractivity contribution in [1.29, 1.82) is 0 Å². The summed E-state index contributed by atoms with van der Waals surface area (Å²) in [6.45, 7) is 6.76. The molecule has 1 aromatic heterocycles. The molecule has 2 rings (SSSR count). The topological polar surface area (TPSA) is 71.2 Å². The Labute approximate surface area is 114 Å². The zero-order valence-electron chi connectivity index (χ0n) is 11.6. The Morgan fingerprint density at radius 3 is 2.95 bits per heavy atom. The van der Waals surface area contributed by atoms with Gasteiger partial charge in [0.25, 0.3) is 5.91 Å². The third-order valence-corrected chi connectivity index (χ3v) is 3.56. The van der Waals surface area contributed by atoms with Gasteiger partial charge in [0.05, 0.1) is 5.56 Å². The molecule has 0 saturated carbocycles.